The summed E-state index contributed by atoms with van der Waals surface area (Å²) in [5, 5.41) is 1.55. The molecule has 2 heterocycles. The number of benzene rings is 1. The largest absolute Gasteiger partial charge is 0.399 e. The van der Waals surface area contributed by atoms with Gasteiger partial charge in [0.25, 0.3) is 0 Å². The van der Waals surface area contributed by atoms with Crippen molar-refractivity contribution in [3.63, 3.8) is 0 Å². The maximum Gasteiger partial charge on any atom is 0.116 e. The summed E-state index contributed by atoms with van der Waals surface area (Å²) in [5.74, 6) is 0. The Morgan fingerprint density at radius 2 is 1.96 bits per heavy atom. The molecule has 1 atom stereocenters. The zero-order valence-corrected chi connectivity index (χ0v) is 17.9. The van der Waals surface area contributed by atoms with E-state index in [2.05, 4.69) is 24.6 Å². The second-order valence-corrected chi connectivity index (χ2v) is 14.7. The summed E-state index contributed by atoms with van der Waals surface area (Å²) in [5.41, 5.74) is 8.36. The van der Waals surface area contributed by atoms with E-state index in [0.717, 1.165) is 39.5 Å². The Labute approximate surface area is 165 Å². The van der Waals surface area contributed by atoms with Gasteiger partial charge in [-0.1, -0.05) is 43.0 Å². The predicted octanol–water partition coefficient (Wildman–Crippen LogP) is 4.96. The van der Waals surface area contributed by atoms with Crippen LogP contribution in [-0.4, -0.2) is 39.3 Å². The average Bonchev–Trinajstić information content (AvgIpc) is 2.99. The van der Waals surface area contributed by atoms with Crippen molar-refractivity contribution in [2.45, 2.75) is 36.6 Å². The molecule has 7 heteroatoms. The van der Waals surface area contributed by atoms with E-state index >= 15 is 0 Å². The number of fused-ring (bicyclic) bond motifs is 1. The lowest BCUT2D eigenvalue weighted by Crippen LogP contribution is -2.29. The van der Waals surface area contributed by atoms with Crippen LogP contribution >= 0.6 is 23.4 Å². The number of halogens is 1. The number of anilines is 1. The molecule has 0 aromatic heterocycles. The minimum atomic E-state index is -1.09. The van der Waals surface area contributed by atoms with Gasteiger partial charge >= 0.3 is 0 Å². The first-order valence-electron chi connectivity index (χ1n) is 8.66. The van der Waals surface area contributed by atoms with E-state index in [9.17, 15) is 0 Å². The quantitative estimate of drug-likeness (QED) is 0.396. The Bertz CT molecular complexity index is 794. The van der Waals surface area contributed by atoms with Crippen molar-refractivity contribution in [1.29, 1.82) is 0 Å². The van der Waals surface area contributed by atoms with Gasteiger partial charge in [-0.25, -0.2) is 4.99 Å². The Kier molecular flexibility index (Phi) is 6.07. The van der Waals surface area contributed by atoms with Crippen LogP contribution in [0.1, 0.15) is 0 Å². The summed E-state index contributed by atoms with van der Waals surface area (Å²) in [6.07, 6.45) is 3.74. The number of nitrogens with two attached hydrogens (primary N) is 1. The topological polar surface area (TPSA) is 60.0 Å². The van der Waals surface area contributed by atoms with E-state index in [1.165, 1.54) is 0 Å². The fourth-order valence-electron chi connectivity index (χ4n) is 2.55. The van der Waals surface area contributed by atoms with Gasteiger partial charge in [0.1, 0.15) is 11.1 Å². The molecule has 0 bridgehead atoms. The molecule has 1 aromatic carbocycles. The number of hydrogen-bond donors (Lipinski definition) is 1. The normalized spacial score (nSPS) is 19.5. The lowest BCUT2D eigenvalue weighted by Gasteiger charge is -2.20. The first kappa shape index (κ1) is 19.4. The van der Waals surface area contributed by atoms with Crippen molar-refractivity contribution in [2.75, 3.05) is 18.9 Å². The molecule has 1 unspecified atom stereocenters. The minimum Gasteiger partial charge on any atom is -0.399 e. The molecule has 0 saturated carbocycles. The third-order valence-corrected chi connectivity index (χ3v) is 7.02. The standard InChI is InChI=1S/C19H24ClN3OSSi/c1-26(2,3)9-8-24-12-17-19-15(16(20)11-22-17)10-18(23-19)25-14-6-4-13(21)5-7-14/h4-7,10-11,17H,8-9,12,21H2,1-3H3. The highest BCUT2D eigenvalue weighted by atomic mass is 35.5. The first-order chi connectivity index (χ1) is 12.3. The Balaban J connectivity index is 1.65. The molecule has 0 spiro atoms. The second kappa shape index (κ2) is 8.13. The number of thioether (sulfide) groups is 1. The van der Waals surface area contributed by atoms with Crippen molar-refractivity contribution in [3.8, 4) is 0 Å². The summed E-state index contributed by atoms with van der Waals surface area (Å²) < 4.78 is 5.89. The smallest absolute Gasteiger partial charge is 0.116 e. The number of rotatable bonds is 7. The van der Waals surface area contributed by atoms with Gasteiger partial charge in [0.05, 0.1) is 17.4 Å². The molecule has 138 valence electrons. The number of nitrogen functional groups attached to an aromatic ring is 1. The summed E-state index contributed by atoms with van der Waals surface area (Å²) in [7, 11) is -1.09. The van der Waals surface area contributed by atoms with E-state index in [1.807, 2.05) is 30.3 Å². The summed E-state index contributed by atoms with van der Waals surface area (Å²) >= 11 is 7.93. The van der Waals surface area contributed by atoms with Crippen LogP contribution in [0.2, 0.25) is 25.7 Å². The Morgan fingerprint density at radius 3 is 2.65 bits per heavy atom. The molecule has 0 amide bonds. The fourth-order valence-corrected chi connectivity index (χ4v) is 4.35. The van der Waals surface area contributed by atoms with E-state index < -0.39 is 8.07 Å². The van der Waals surface area contributed by atoms with Crippen molar-refractivity contribution < 1.29 is 4.74 Å². The zero-order chi connectivity index (χ0) is 18.7. The van der Waals surface area contributed by atoms with E-state index in [-0.39, 0.29) is 6.04 Å². The van der Waals surface area contributed by atoms with Gasteiger partial charge in [-0.3, -0.25) is 4.99 Å². The van der Waals surface area contributed by atoms with Crippen LogP contribution in [0.15, 0.2) is 60.9 Å². The number of aliphatic imine (C=N–C) groups is 2. The van der Waals surface area contributed by atoms with E-state index in [1.54, 1.807) is 18.0 Å². The number of dihydropyridines is 1. The Morgan fingerprint density at radius 1 is 1.23 bits per heavy atom. The van der Waals surface area contributed by atoms with Crippen LogP contribution in [0.3, 0.4) is 0 Å². The van der Waals surface area contributed by atoms with Gasteiger partial charge in [-0.2, -0.15) is 0 Å². The molecule has 0 fully saturated rings. The first-order valence-corrected chi connectivity index (χ1v) is 13.6. The zero-order valence-electron chi connectivity index (χ0n) is 15.3. The molecule has 26 heavy (non-hydrogen) atoms. The van der Waals surface area contributed by atoms with Crippen LogP contribution < -0.4 is 5.73 Å². The summed E-state index contributed by atoms with van der Waals surface area (Å²) in [6.45, 7) is 8.37. The maximum atomic E-state index is 6.34. The van der Waals surface area contributed by atoms with Crippen LogP contribution in [0.25, 0.3) is 0 Å². The highest BCUT2D eigenvalue weighted by Crippen LogP contribution is 2.36. The number of ether oxygens (including phenoxy) is 1. The van der Waals surface area contributed by atoms with Crippen molar-refractivity contribution in [2.24, 2.45) is 9.98 Å². The van der Waals surface area contributed by atoms with Gasteiger partial charge in [0, 0.05) is 37.1 Å². The van der Waals surface area contributed by atoms with E-state index in [0.29, 0.717) is 11.6 Å². The molecule has 2 aliphatic rings. The van der Waals surface area contributed by atoms with Gasteiger partial charge < -0.3 is 10.5 Å². The molecule has 2 aliphatic heterocycles. The molecule has 0 saturated heterocycles. The van der Waals surface area contributed by atoms with Gasteiger partial charge in [0.15, 0.2) is 0 Å². The second-order valence-electron chi connectivity index (χ2n) is 7.59. The van der Waals surface area contributed by atoms with Crippen molar-refractivity contribution in [3.05, 3.63) is 46.0 Å². The Hall–Kier alpha value is -1.34. The maximum absolute atomic E-state index is 6.34. The molecule has 1 aromatic rings. The SMILES string of the molecule is C[Si](C)(C)CCOCC1N=CC(Cl)=C2C=C(Sc3ccc(N)cc3)N=C21. The summed E-state index contributed by atoms with van der Waals surface area (Å²) in [6, 6.07) is 8.83. The van der Waals surface area contributed by atoms with Gasteiger partial charge in [0.2, 0.25) is 0 Å². The molecular weight excluding hydrogens is 382 g/mol. The lowest BCUT2D eigenvalue weighted by atomic mass is 10.0. The van der Waals surface area contributed by atoms with Gasteiger partial charge in [-0.15, -0.1) is 0 Å². The molecule has 4 nitrogen and oxygen atoms in total. The summed E-state index contributed by atoms with van der Waals surface area (Å²) in [4.78, 5) is 10.4. The number of nitrogens with zero attached hydrogens (tertiary/aromatic N) is 2. The molecule has 0 radical (unpaired) electrons. The van der Waals surface area contributed by atoms with Crippen LogP contribution in [0, 0.1) is 0 Å². The highest BCUT2D eigenvalue weighted by molar-refractivity contribution is 8.03. The predicted molar refractivity (Wildman–Crippen MR) is 116 cm³/mol. The lowest BCUT2D eigenvalue weighted by molar-refractivity contribution is 0.145. The molecule has 3 rings (SSSR count). The molecular formula is C19H24ClN3OSSi. The van der Waals surface area contributed by atoms with Crippen molar-refractivity contribution >= 4 is 49.1 Å². The molecule has 2 N–H and O–H groups in total. The third-order valence-electron chi connectivity index (χ3n) is 4.09. The van der Waals surface area contributed by atoms with Crippen molar-refractivity contribution in [1.82, 2.24) is 0 Å². The number of hydrogen-bond acceptors (Lipinski definition) is 5. The van der Waals surface area contributed by atoms with Crippen LogP contribution in [0.5, 0.6) is 0 Å². The minimum absolute atomic E-state index is 0.0881. The third kappa shape index (κ3) is 5.10. The van der Waals surface area contributed by atoms with Crippen LogP contribution in [0.4, 0.5) is 5.69 Å². The van der Waals surface area contributed by atoms with E-state index in [4.69, 9.17) is 27.1 Å². The average molecular weight is 406 g/mol. The fraction of sp³-hybridized carbons (Fsp3) is 0.368. The molecule has 0 aliphatic carbocycles. The van der Waals surface area contributed by atoms with Gasteiger partial charge in [-0.05, 0) is 36.4 Å². The monoisotopic (exact) mass is 405 g/mol. The van der Waals surface area contributed by atoms with Crippen LogP contribution in [-0.2, 0) is 4.74 Å². The number of allylic oxidation sites excluding steroid dienone is 2. The highest BCUT2D eigenvalue weighted by Gasteiger charge is 2.28.